The van der Waals surface area contributed by atoms with Crippen molar-refractivity contribution in [1.29, 1.82) is 0 Å². The summed E-state index contributed by atoms with van der Waals surface area (Å²) in [5.74, 6) is 1.75. The number of benzene rings is 2. The molecule has 0 aliphatic heterocycles. The zero-order valence-electron chi connectivity index (χ0n) is 18.3. The Morgan fingerprint density at radius 2 is 1.82 bits per heavy atom. The third-order valence-electron chi connectivity index (χ3n) is 4.61. The maximum Gasteiger partial charge on any atom is 0.277 e. The molecule has 0 unspecified atom stereocenters. The number of ether oxygens (including phenoxy) is 3. The van der Waals surface area contributed by atoms with E-state index in [-0.39, 0.29) is 11.7 Å². The Morgan fingerprint density at radius 1 is 1.06 bits per heavy atom. The number of nitrogens with zero attached hydrogens (tertiary/aromatic N) is 3. The Hall–Kier alpha value is -3.31. The highest BCUT2D eigenvalue weighted by atomic mass is 32.2. The van der Waals surface area contributed by atoms with Gasteiger partial charge < -0.3 is 23.9 Å². The van der Waals surface area contributed by atoms with Crippen LogP contribution < -0.4 is 19.5 Å². The van der Waals surface area contributed by atoms with Crippen molar-refractivity contribution < 1.29 is 23.4 Å². The molecule has 0 radical (unpaired) electrons. The minimum Gasteiger partial charge on any atom is -0.493 e. The molecule has 0 aliphatic rings. The Kier molecular flexibility index (Phi) is 7.30. The molecule has 0 bridgehead atoms. The van der Waals surface area contributed by atoms with Crippen LogP contribution >= 0.6 is 23.1 Å². The second kappa shape index (κ2) is 10.5. The van der Waals surface area contributed by atoms with Gasteiger partial charge in [-0.1, -0.05) is 23.9 Å². The molecule has 2 aromatic heterocycles. The lowest BCUT2D eigenvalue weighted by atomic mass is 10.2. The Bertz CT molecular complexity index is 1200. The summed E-state index contributed by atoms with van der Waals surface area (Å²) < 4.78 is 22.7. The number of thioether (sulfide) groups is 1. The van der Waals surface area contributed by atoms with Crippen LogP contribution in [0, 0.1) is 0 Å². The van der Waals surface area contributed by atoms with Crippen LogP contribution in [-0.2, 0) is 17.6 Å². The van der Waals surface area contributed by atoms with E-state index in [4.69, 9.17) is 18.6 Å². The van der Waals surface area contributed by atoms with Crippen molar-refractivity contribution in [3.63, 3.8) is 0 Å². The van der Waals surface area contributed by atoms with Crippen LogP contribution in [0.25, 0.3) is 10.2 Å². The van der Waals surface area contributed by atoms with Gasteiger partial charge in [0.25, 0.3) is 5.22 Å². The molecule has 11 heteroatoms. The number of anilines is 1. The van der Waals surface area contributed by atoms with Crippen molar-refractivity contribution in [2.24, 2.45) is 0 Å². The van der Waals surface area contributed by atoms with Gasteiger partial charge in [-0.25, -0.2) is 4.98 Å². The SMILES string of the molecule is COc1cc(NC(=O)CSc2nnc(CCc3nc4ccccc4s3)o2)cc(OC)c1OC. The standard InChI is InChI=1S/C22H22N4O5S2/c1-28-15-10-13(11-16(29-2)21(15)30-3)23-18(27)12-32-22-26-25-19(31-22)8-9-20-24-14-6-4-5-7-17(14)33-20/h4-7,10-11H,8-9,12H2,1-3H3,(H,23,27). The number of thiazole rings is 1. The summed E-state index contributed by atoms with van der Waals surface area (Å²) in [4.78, 5) is 17.0. The average molecular weight is 487 g/mol. The van der Waals surface area contributed by atoms with Crippen LogP contribution in [0.2, 0.25) is 0 Å². The first-order valence-corrected chi connectivity index (χ1v) is 11.8. The summed E-state index contributed by atoms with van der Waals surface area (Å²) in [6.07, 6.45) is 1.30. The molecule has 1 N–H and O–H groups in total. The second-order valence-electron chi connectivity index (χ2n) is 6.79. The van der Waals surface area contributed by atoms with E-state index < -0.39 is 0 Å². The molecule has 9 nitrogen and oxygen atoms in total. The number of carbonyl (C=O) groups is 1. The minimum atomic E-state index is -0.233. The van der Waals surface area contributed by atoms with E-state index in [9.17, 15) is 4.79 Å². The summed E-state index contributed by atoms with van der Waals surface area (Å²) in [5.41, 5.74) is 1.52. The summed E-state index contributed by atoms with van der Waals surface area (Å²) in [5, 5.41) is 12.3. The summed E-state index contributed by atoms with van der Waals surface area (Å²) >= 11 is 2.83. The molecule has 0 spiro atoms. The van der Waals surface area contributed by atoms with Crippen molar-refractivity contribution in [3.8, 4) is 17.2 Å². The van der Waals surface area contributed by atoms with Gasteiger partial charge in [0.2, 0.25) is 17.5 Å². The molecular formula is C22H22N4O5S2. The number of nitrogens with one attached hydrogen (secondary N) is 1. The van der Waals surface area contributed by atoms with Gasteiger partial charge in [-0.15, -0.1) is 21.5 Å². The fourth-order valence-corrected chi connectivity index (χ4v) is 4.66. The van der Waals surface area contributed by atoms with Crippen molar-refractivity contribution >= 4 is 44.9 Å². The van der Waals surface area contributed by atoms with Gasteiger partial charge in [0.1, 0.15) is 0 Å². The van der Waals surface area contributed by atoms with Crippen LogP contribution in [-0.4, -0.2) is 48.2 Å². The van der Waals surface area contributed by atoms with E-state index in [1.807, 2.05) is 18.2 Å². The maximum atomic E-state index is 12.4. The molecule has 0 aliphatic carbocycles. The normalized spacial score (nSPS) is 10.9. The van der Waals surface area contributed by atoms with Gasteiger partial charge in [-0.3, -0.25) is 4.79 Å². The van der Waals surface area contributed by atoms with E-state index in [2.05, 4.69) is 26.6 Å². The van der Waals surface area contributed by atoms with E-state index >= 15 is 0 Å². The molecule has 172 valence electrons. The van der Waals surface area contributed by atoms with Crippen molar-refractivity contribution in [3.05, 3.63) is 47.3 Å². The van der Waals surface area contributed by atoms with Crippen LogP contribution in [0.1, 0.15) is 10.9 Å². The van der Waals surface area contributed by atoms with Crippen LogP contribution in [0.15, 0.2) is 46.0 Å². The number of fused-ring (bicyclic) bond motifs is 1. The molecule has 1 amide bonds. The van der Waals surface area contributed by atoms with Gasteiger partial charge in [0.05, 0.1) is 42.3 Å². The lowest BCUT2D eigenvalue weighted by Gasteiger charge is -2.14. The summed E-state index contributed by atoms with van der Waals surface area (Å²) in [7, 11) is 4.55. The van der Waals surface area contributed by atoms with Crippen LogP contribution in [0.4, 0.5) is 5.69 Å². The molecule has 2 aromatic carbocycles. The van der Waals surface area contributed by atoms with E-state index in [0.717, 1.165) is 15.2 Å². The largest absolute Gasteiger partial charge is 0.493 e. The highest BCUT2D eigenvalue weighted by Gasteiger charge is 2.16. The van der Waals surface area contributed by atoms with Gasteiger partial charge in [0, 0.05) is 30.7 Å². The third-order valence-corrected chi connectivity index (χ3v) is 6.53. The average Bonchev–Trinajstić information content (AvgIpc) is 3.47. The molecular weight excluding hydrogens is 464 g/mol. The molecule has 4 aromatic rings. The Morgan fingerprint density at radius 3 is 2.52 bits per heavy atom. The number of hydrogen-bond donors (Lipinski definition) is 1. The first kappa shape index (κ1) is 22.9. The van der Waals surface area contributed by atoms with Gasteiger partial charge >= 0.3 is 0 Å². The van der Waals surface area contributed by atoms with Gasteiger partial charge in [0.15, 0.2) is 11.5 Å². The van der Waals surface area contributed by atoms with E-state index in [1.54, 1.807) is 23.5 Å². The number of rotatable bonds is 10. The fourth-order valence-electron chi connectivity index (χ4n) is 3.12. The maximum absolute atomic E-state index is 12.4. The zero-order chi connectivity index (χ0) is 23.2. The topological polar surface area (TPSA) is 109 Å². The molecule has 0 saturated carbocycles. The predicted octanol–water partition coefficient (Wildman–Crippen LogP) is 4.22. The number of aromatic nitrogens is 3. The minimum absolute atomic E-state index is 0.107. The second-order valence-corrected chi connectivity index (χ2v) is 8.83. The first-order valence-electron chi connectivity index (χ1n) is 9.99. The number of hydrogen-bond acceptors (Lipinski definition) is 10. The number of aryl methyl sites for hydroxylation is 2. The lowest BCUT2D eigenvalue weighted by molar-refractivity contribution is -0.113. The van der Waals surface area contributed by atoms with Crippen molar-refractivity contribution in [2.75, 3.05) is 32.4 Å². The fraction of sp³-hybridized carbons (Fsp3) is 0.273. The first-order chi connectivity index (χ1) is 16.1. The molecule has 2 heterocycles. The van der Waals surface area contributed by atoms with Gasteiger partial charge in [-0.05, 0) is 12.1 Å². The van der Waals surface area contributed by atoms with Crippen molar-refractivity contribution in [2.45, 2.75) is 18.1 Å². The molecule has 4 rings (SSSR count). The third kappa shape index (κ3) is 5.55. The monoisotopic (exact) mass is 486 g/mol. The summed E-state index contributed by atoms with van der Waals surface area (Å²) in [6, 6.07) is 11.4. The molecule has 33 heavy (non-hydrogen) atoms. The highest BCUT2D eigenvalue weighted by Crippen LogP contribution is 2.40. The quantitative estimate of drug-likeness (QED) is 0.330. The van der Waals surface area contributed by atoms with Crippen LogP contribution in [0.3, 0.4) is 0 Å². The van der Waals surface area contributed by atoms with Crippen LogP contribution in [0.5, 0.6) is 17.2 Å². The van der Waals surface area contributed by atoms with E-state index in [1.165, 1.54) is 33.1 Å². The molecule has 0 fully saturated rings. The zero-order valence-corrected chi connectivity index (χ0v) is 19.9. The smallest absolute Gasteiger partial charge is 0.277 e. The van der Waals surface area contributed by atoms with E-state index in [0.29, 0.717) is 46.9 Å². The number of para-hydroxylation sites is 1. The summed E-state index contributed by atoms with van der Waals surface area (Å²) in [6.45, 7) is 0. The number of amides is 1. The highest BCUT2D eigenvalue weighted by molar-refractivity contribution is 7.99. The molecule has 0 saturated heterocycles. The van der Waals surface area contributed by atoms with Gasteiger partial charge in [-0.2, -0.15) is 0 Å². The number of carbonyl (C=O) groups excluding carboxylic acids is 1. The number of methoxy groups -OCH3 is 3. The van der Waals surface area contributed by atoms with Crippen molar-refractivity contribution in [1.82, 2.24) is 15.2 Å². The Labute approximate surface area is 198 Å². The Balaban J connectivity index is 1.30. The lowest BCUT2D eigenvalue weighted by Crippen LogP contribution is -2.14. The predicted molar refractivity (Wildman–Crippen MR) is 127 cm³/mol. The molecule has 0 atom stereocenters.